The first-order chi connectivity index (χ1) is 45.5. The van der Waals surface area contributed by atoms with E-state index in [0.29, 0.717) is 37.3 Å². The van der Waals surface area contributed by atoms with Crippen LogP contribution in [-0.2, 0) is 87.9 Å². The van der Waals surface area contributed by atoms with Gasteiger partial charge in [0.1, 0.15) is 35.0 Å². The molecule has 0 bridgehead atoms. The highest BCUT2D eigenvalue weighted by molar-refractivity contribution is 6.15. The van der Waals surface area contributed by atoms with Crippen molar-refractivity contribution in [2.24, 2.45) is 38.4 Å². The van der Waals surface area contributed by atoms with Crippen LogP contribution in [0.1, 0.15) is 250 Å². The SMILES string of the molecule is CC(C)(C)C(=O)CC(=O)ON1C(=O)CCC1=O.CC(C)(C)C(=O)CCCC(=O)[O-].CC(C)(C)C(=O)CCCCCN1C(=O)C=CC1=O.CC(C)(C)C(=O)CN1C(=O)C=CC1=O.CC(C)(C)OC(=O)N[C@@H](Cc1ccccc1)C(=O)C(C)(C)C.CC(C)C(NC(=O)OC(C)(C)C)C(=O)C(C)(C)C.[CH3+]. The van der Waals surface area contributed by atoms with Gasteiger partial charge in [0, 0.05) is 102 Å². The third-order valence-electron chi connectivity index (χ3n) is 14.4. The van der Waals surface area contributed by atoms with E-state index < -0.39 is 99.1 Å². The van der Waals surface area contributed by atoms with Crippen molar-refractivity contribution in [1.82, 2.24) is 25.5 Å². The van der Waals surface area contributed by atoms with Crippen molar-refractivity contribution in [1.29, 1.82) is 0 Å². The highest BCUT2D eigenvalue weighted by Crippen LogP contribution is 2.25. The number of hydrogen-bond donors (Lipinski definition) is 2. The topological polar surface area (TPSA) is 358 Å². The van der Waals surface area contributed by atoms with Crippen LogP contribution in [0.3, 0.4) is 0 Å². The number of alkyl carbamates (subject to hydrolysis) is 2. The lowest BCUT2D eigenvalue weighted by atomic mass is 9.82. The van der Waals surface area contributed by atoms with Gasteiger partial charge in [-0.15, -0.1) is 5.06 Å². The number of unbranched alkanes of at least 4 members (excludes halogenated alkanes) is 2. The monoisotopic (exact) mass is 1440 g/mol. The number of ether oxygens (including phenoxy) is 2. The zero-order valence-electron chi connectivity index (χ0n) is 66.1. The van der Waals surface area contributed by atoms with Gasteiger partial charge in [0.05, 0.1) is 18.6 Å². The average molecular weight is 1440 g/mol. The molecule has 1 saturated heterocycles. The molecule has 102 heavy (non-hydrogen) atoms. The van der Waals surface area contributed by atoms with Gasteiger partial charge in [0.2, 0.25) is 0 Å². The van der Waals surface area contributed by atoms with Crippen LogP contribution in [0.25, 0.3) is 0 Å². The number of hydroxylamine groups is 2. The fraction of sp³-hybridized carbons (Fsp3) is 0.649. The Balaban J connectivity index is -0.00000116. The molecule has 574 valence electrons. The normalized spacial score (nSPS) is 14.5. The Morgan fingerprint density at radius 2 is 0.843 bits per heavy atom. The number of nitrogens with one attached hydrogen (secondary N) is 2. The lowest BCUT2D eigenvalue weighted by Gasteiger charge is -2.29. The Hall–Kier alpha value is -8.51. The number of benzene rings is 1. The molecular weight excluding hydrogens is 1310 g/mol. The first kappa shape index (κ1) is 97.7. The number of imide groups is 3. The van der Waals surface area contributed by atoms with E-state index in [1.807, 2.05) is 127 Å². The molecule has 3 aliphatic rings. The van der Waals surface area contributed by atoms with Gasteiger partial charge >= 0.3 is 18.2 Å². The molecule has 2 atom stereocenters. The minimum atomic E-state index is -1.09. The van der Waals surface area contributed by atoms with Crippen molar-refractivity contribution in [2.75, 3.05) is 13.1 Å². The summed E-state index contributed by atoms with van der Waals surface area (Å²) in [6.07, 6.45) is 7.64. The van der Waals surface area contributed by atoms with Crippen molar-refractivity contribution < 1.29 is 96.1 Å². The molecule has 1 aromatic rings. The van der Waals surface area contributed by atoms with Crippen LogP contribution in [0.5, 0.6) is 0 Å². The second kappa shape index (κ2) is 42.2. The molecule has 2 N–H and O–H groups in total. The molecule has 1 unspecified atom stereocenters. The predicted octanol–water partition coefficient (Wildman–Crippen LogP) is 11.1. The van der Waals surface area contributed by atoms with Crippen LogP contribution in [0.15, 0.2) is 54.6 Å². The number of aliphatic carboxylic acids is 1. The molecule has 1 fully saturated rings. The van der Waals surface area contributed by atoms with Gasteiger partial charge in [-0.3, -0.25) is 67.3 Å². The van der Waals surface area contributed by atoms with Gasteiger partial charge < -0.3 is 34.8 Å². The van der Waals surface area contributed by atoms with Crippen molar-refractivity contribution in [2.45, 2.75) is 274 Å². The summed E-state index contributed by atoms with van der Waals surface area (Å²) < 4.78 is 10.4. The zero-order chi connectivity index (χ0) is 79.4. The molecule has 25 nitrogen and oxygen atoms in total. The van der Waals surface area contributed by atoms with E-state index in [4.69, 9.17) is 9.47 Å². The second-order valence-electron chi connectivity index (χ2n) is 33.2. The van der Waals surface area contributed by atoms with Crippen molar-refractivity contribution in [3.8, 4) is 0 Å². The van der Waals surface area contributed by atoms with Crippen molar-refractivity contribution in [3.05, 3.63) is 67.6 Å². The highest BCUT2D eigenvalue weighted by atomic mass is 16.7. The molecular formula is C77H121N5O20. The number of carboxylic acids is 1. The quantitative estimate of drug-likeness (QED) is 0.0471. The summed E-state index contributed by atoms with van der Waals surface area (Å²) >= 11 is 0. The minimum absolute atomic E-state index is 0. The van der Waals surface area contributed by atoms with Crippen molar-refractivity contribution >= 4 is 94.3 Å². The number of amides is 8. The number of hydrogen-bond acceptors (Lipinski definition) is 20. The average Bonchev–Trinajstić information content (AvgIpc) is 1.11. The number of rotatable bonds is 22. The Morgan fingerprint density at radius 3 is 1.21 bits per heavy atom. The number of nitrogens with zero attached hydrogens (tertiary/aromatic N) is 3. The highest BCUT2D eigenvalue weighted by Gasteiger charge is 2.37. The molecule has 8 amide bonds. The van der Waals surface area contributed by atoms with Crippen LogP contribution < -0.4 is 15.7 Å². The second-order valence-corrected chi connectivity index (χ2v) is 33.2. The number of carboxylic acid groups (broad SMARTS) is 1. The van der Waals surface area contributed by atoms with Gasteiger partial charge in [-0.1, -0.05) is 175 Å². The summed E-state index contributed by atoms with van der Waals surface area (Å²) in [7, 11) is 0. The first-order valence-corrected chi connectivity index (χ1v) is 34.1. The van der Waals surface area contributed by atoms with Crippen LogP contribution in [-0.4, -0.2) is 146 Å². The lowest BCUT2D eigenvalue weighted by molar-refractivity contribution is -0.305. The standard InChI is InChI=1S/C18H27NO3.C14H21NO3.C14H27NO3.C11H15NO5.C10H13NO3.C9H16O3.CH3/c1-17(2,3)15(20)14(12-13-10-8-7-9-11-13)19-16(21)22-18(4,5)6;1-14(2,3)11(16)7-5-4-6-10-15-12(17)8-9-13(15)18;1-9(2)10(11(16)13(3,4)5)15-12(17)18-14(6,7)8;1-11(2,3)7(13)6-10(16)17-12-8(14)4-5-9(12)15;1-10(2,3)7(12)6-11-8(13)4-5-9(11)14;1-9(2,3)7(10)5-4-6-8(11)12;/h7-11,14H,12H2,1-6H3,(H,19,21);8-9H,4-7,10H2,1-3H3;9-10H,1-8H3,(H,15,17);4-6H2,1-3H3;4-5H,6H2,1-3H3;4-6H2,1-3H3,(H,11,12);1H3/q;;;;;;+1/p-1/t14-;;;;;;/m0....../s1. The molecule has 25 heteroatoms. The molecule has 0 saturated carbocycles. The van der Waals surface area contributed by atoms with Gasteiger partial charge in [-0.05, 0) is 85.1 Å². The number of Topliss-reactive ketones (excluding diaryl/α,β-unsaturated/α-hetero) is 6. The summed E-state index contributed by atoms with van der Waals surface area (Å²) in [5.74, 6) is -4.37. The largest absolute Gasteiger partial charge is 0.550 e. The smallest absolute Gasteiger partial charge is 0.408 e. The maximum absolute atomic E-state index is 12.6. The first-order valence-electron chi connectivity index (χ1n) is 34.1. The maximum Gasteiger partial charge on any atom is 0.408 e. The van der Waals surface area contributed by atoms with E-state index in [0.717, 1.165) is 29.7 Å². The molecule has 4 rings (SSSR count). The van der Waals surface area contributed by atoms with Gasteiger partial charge in [0.15, 0.2) is 17.3 Å². The Labute approximate surface area is 606 Å². The maximum atomic E-state index is 12.6. The predicted molar refractivity (Wildman–Crippen MR) is 385 cm³/mol. The number of carbonyl (C=O) groups is 16. The molecule has 0 spiro atoms. The van der Waals surface area contributed by atoms with E-state index in [9.17, 15) is 81.8 Å². The molecule has 1 aromatic carbocycles. The molecule has 3 heterocycles. The number of ketones is 6. The Kier molecular flexibility index (Phi) is 40.4. The molecule has 0 aliphatic carbocycles. The summed E-state index contributed by atoms with van der Waals surface area (Å²) in [6, 6.07) is 8.53. The zero-order valence-corrected chi connectivity index (χ0v) is 66.1. The van der Waals surface area contributed by atoms with E-state index >= 15 is 0 Å². The number of carbonyl (C=O) groups excluding carboxylic acids is 16. The summed E-state index contributed by atoms with van der Waals surface area (Å²) in [6.45, 7) is 47.5. The van der Waals surface area contributed by atoms with Crippen LogP contribution in [0.4, 0.5) is 9.59 Å². The molecule has 3 aliphatic heterocycles. The molecule has 0 radical (unpaired) electrons. The van der Waals surface area contributed by atoms with Gasteiger partial charge in [-0.25, -0.2) is 14.4 Å². The van der Waals surface area contributed by atoms with E-state index in [-0.39, 0.29) is 96.5 Å². The van der Waals surface area contributed by atoms with Gasteiger partial charge in [-0.2, -0.15) is 0 Å². The fourth-order valence-electron chi connectivity index (χ4n) is 8.15. The third-order valence-corrected chi connectivity index (χ3v) is 14.4. The van der Waals surface area contributed by atoms with E-state index in [1.54, 1.807) is 83.1 Å². The summed E-state index contributed by atoms with van der Waals surface area (Å²) in [4.78, 5) is 190. The van der Waals surface area contributed by atoms with E-state index in [2.05, 4.69) is 15.5 Å². The molecule has 0 aromatic heterocycles. The summed E-state index contributed by atoms with van der Waals surface area (Å²) in [5.41, 5.74) is -2.97. The fourth-order valence-corrected chi connectivity index (χ4v) is 8.15. The Bertz CT molecular complexity index is 3090. The van der Waals surface area contributed by atoms with Crippen LogP contribution in [0, 0.1) is 45.8 Å². The minimum Gasteiger partial charge on any atom is -0.550 e. The van der Waals surface area contributed by atoms with Crippen LogP contribution in [0.2, 0.25) is 0 Å². The Morgan fingerprint density at radius 1 is 0.461 bits per heavy atom. The summed E-state index contributed by atoms with van der Waals surface area (Å²) in [5, 5.41) is 15.8. The van der Waals surface area contributed by atoms with E-state index in [1.165, 1.54) is 29.2 Å². The van der Waals surface area contributed by atoms with Crippen LogP contribution >= 0.6 is 0 Å². The third kappa shape index (κ3) is 41.4. The lowest BCUT2D eigenvalue weighted by Crippen LogP contribution is -2.49. The van der Waals surface area contributed by atoms with Crippen molar-refractivity contribution in [3.63, 3.8) is 0 Å². The van der Waals surface area contributed by atoms with Gasteiger partial charge in [0.25, 0.3) is 35.4 Å².